The number of alkyl carbamates (subject to hydrolysis) is 1. The summed E-state index contributed by atoms with van der Waals surface area (Å²) in [6.45, 7) is 7.77. The third kappa shape index (κ3) is 7.38. The van der Waals surface area contributed by atoms with Gasteiger partial charge in [0.15, 0.2) is 5.78 Å². The van der Waals surface area contributed by atoms with Crippen LogP contribution in [-0.4, -0.2) is 61.0 Å². The number of ether oxygens (including phenoxy) is 1. The molecular weight excluding hydrogens is 382 g/mol. The predicted octanol–water partition coefficient (Wildman–Crippen LogP) is 2.86. The second kappa shape index (κ2) is 9.78. The molecule has 0 aliphatic carbocycles. The van der Waals surface area contributed by atoms with E-state index >= 15 is 0 Å². The van der Waals surface area contributed by atoms with Gasteiger partial charge < -0.3 is 19.9 Å². The highest BCUT2D eigenvalue weighted by molar-refractivity contribution is 6.30. The number of carbonyl (C=O) groups is 3. The summed E-state index contributed by atoms with van der Waals surface area (Å²) in [5.41, 5.74) is 0.430. The van der Waals surface area contributed by atoms with E-state index in [-0.39, 0.29) is 31.1 Å². The number of carbonyl (C=O) groups excluding carboxylic acids is 3. The first-order chi connectivity index (χ1) is 13.1. The Morgan fingerprint density at radius 3 is 2.39 bits per heavy atom. The summed E-state index contributed by atoms with van der Waals surface area (Å²) in [6, 6.07) is 7.65. The fraction of sp³-hybridized carbons (Fsp3) is 0.550. The molecule has 28 heavy (non-hydrogen) atoms. The van der Waals surface area contributed by atoms with E-state index < -0.39 is 11.7 Å². The fourth-order valence-electron chi connectivity index (χ4n) is 2.86. The van der Waals surface area contributed by atoms with Crippen molar-refractivity contribution in [2.45, 2.75) is 39.2 Å². The van der Waals surface area contributed by atoms with Crippen molar-refractivity contribution in [3.05, 3.63) is 29.3 Å². The molecule has 0 spiro atoms. The van der Waals surface area contributed by atoms with Gasteiger partial charge in [-0.05, 0) is 39.0 Å². The molecular formula is C20H28ClN3O4. The molecule has 1 aliphatic heterocycles. The van der Waals surface area contributed by atoms with Crippen molar-refractivity contribution in [1.29, 1.82) is 0 Å². The number of nitrogens with one attached hydrogen (secondary N) is 1. The molecule has 2 amide bonds. The number of benzene rings is 1. The molecule has 0 radical (unpaired) electrons. The minimum atomic E-state index is -0.635. The lowest BCUT2D eigenvalue weighted by atomic mass is 10.2. The Hall–Kier alpha value is -2.28. The zero-order valence-electron chi connectivity index (χ0n) is 16.7. The summed E-state index contributed by atoms with van der Waals surface area (Å²) < 4.78 is 5.07. The van der Waals surface area contributed by atoms with E-state index in [4.69, 9.17) is 16.3 Å². The molecule has 1 aliphatic rings. The topological polar surface area (TPSA) is 78.9 Å². The molecule has 1 heterocycles. The van der Waals surface area contributed by atoms with Crippen molar-refractivity contribution >= 4 is 35.1 Å². The average molecular weight is 410 g/mol. The van der Waals surface area contributed by atoms with Crippen molar-refractivity contribution < 1.29 is 19.1 Å². The van der Waals surface area contributed by atoms with Crippen LogP contribution in [0.25, 0.3) is 0 Å². The molecule has 8 heteroatoms. The number of halogens is 1. The first-order valence-electron chi connectivity index (χ1n) is 9.41. The maximum absolute atomic E-state index is 12.3. The van der Waals surface area contributed by atoms with Crippen molar-refractivity contribution in [3.63, 3.8) is 0 Å². The molecule has 1 aromatic carbocycles. The Morgan fingerprint density at radius 2 is 1.79 bits per heavy atom. The third-order valence-corrected chi connectivity index (χ3v) is 4.49. The standard InChI is InChI=1S/C20H28ClN3O4/c1-20(2,3)28-19(27)22-14-17(25)7-8-18(26)24-11-9-23(10-12-24)16-6-4-5-15(21)13-16/h4-6,13H,7-12,14H2,1-3H3,(H,22,27). The Balaban J connectivity index is 1.68. The Kier molecular flexibility index (Phi) is 7.69. The monoisotopic (exact) mass is 409 g/mol. The highest BCUT2D eigenvalue weighted by Gasteiger charge is 2.22. The van der Waals surface area contributed by atoms with Gasteiger partial charge in [-0.3, -0.25) is 9.59 Å². The highest BCUT2D eigenvalue weighted by Crippen LogP contribution is 2.21. The Labute approximate surface area is 171 Å². The number of nitrogens with zero attached hydrogens (tertiary/aromatic N) is 2. The van der Waals surface area contributed by atoms with Crippen molar-refractivity contribution in [2.75, 3.05) is 37.6 Å². The highest BCUT2D eigenvalue weighted by atomic mass is 35.5. The summed E-state index contributed by atoms with van der Waals surface area (Å²) in [5.74, 6) is -0.242. The van der Waals surface area contributed by atoms with Crippen LogP contribution < -0.4 is 10.2 Å². The number of ketones is 1. The third-order valence-electron chi connectivity index (χ3n) is 4.25. The minimum Gasteiger partial charge on any atom is -0.444 e. The summed E-state index contributed by atoms with van der Waals surface area (Å²) in [7, 11) is 0. The van der Waals surface area contributed by atoms with E-state index in [0.29, 0.717) is 18.1 Å². The van der Waals surface area contributed by atoms with E-state index in [0.717, 1.165) is 18.8 Å². The molecule has 0 atom stereocenters. The van der Waals surface area contributed by atoms with E-state index in [1.54, 1.807) is 25.7 Å². The molecule has 154 valence electrons. The summed E-state index contributed by atoms with van der Waals surface area (Å²) >= 11 is 6.03. The van der Waals surface area contributed by atoms with Crippen molar-refractivity contribution in [2.24, 2.45) is 0 Å². The number of amides is 2. The van der Waals surface area contributed by atoms with Crippen LogP contribution in [0, 0.1) is 0 Å². The zero-order chi connectivity index (χ0) is 20.7. The van der Waals surface area contributed by atoms with Gasteiger partial charge in [0.25, 0.3) is 0 Å². The van der Waals surface area contributed by atoms with Crippen LogP contribution in [0.4, 0.5) is 10.5 Å². The second-order valence-corrected chi connectivity index (χ2v) is 8.18. The van der Waals surface area contributed by atoms with E-state index in [9.17, 15) is 14.4 Å². The van der Waals surface area contributed by atoms with Crippen LogP contribution in [0.2, 0.25) is 5.02 Å². The van der Waals surface area contributed by atoms with E-state index in [1.807, 2.05) is 24.3 Å². The molecule has 0 saturated carbocycles. The normalized spacial score (nSPS) is 14.6. The van der Waals surface area contributed by atoms with Gasteiger partial charge in [-0.1, -0.05) is 17.7 Å². The lowest BCUT2D eigenvalue weighted by molar-refractivity contribution is -0.133. The van der Waals surface area contributed by atoms with Crippen LogP contribution in [0.3, 0.4) is 0 Å². The lowest BCUT2D eigenvalue weighted by Crippen LogP contribution is -2.48. The fourth-order valence-corrected chi connectivity index (χ4v) is 3.05. The molecule has 1 aromatic rings. The Bertz CT molecular complexity index is 710. The maximum atomic E-state index is 12.3. The minimum absolute atomic E-state index is 0.0450. The molecule has 1 saturated heterocycles. The first-order valence-corrected chi connectivity index (χ1v) is 9.79. The lowest BCUT2D eigenvalue weighted by Gasteiger charge is -2.36. The summed E-state index contributed by atoms with van der Waals surface area (Å²) in [6.07, 6.45) is -0.390. The predicted molar refractivity (Wildman–Crippen MR) is 109 cm³/mol. The van der Waals surface area contributed by atoms with Gasteiger partial charge in [-0.15, -0.1) is 0 Å². The summed E-state index contributed by atoms with van der Waals surface area (Å²) in [5, 5.41) is 3.11. The van der Waals surface area contributed by atoms with Gasteiger partial charge in [0.2, 0.25) is 5.91 Å². The van der Waals surface area contributed by atoms with Gasteiger partial charge in [0.05, 0.1) is 6.54 Å². The molecule has 0 bridgehead atoms. The number of hydrogen-bond acceptors (Lipinski definition) is 5. The Morgan fingerprint density at radius 1 is 1.11 bits per heavy atom. The number of rotatable bonds is 6. The van der Waals surface area contributed by atoms with Crippen LogP contribution in [0.5, 0.6) is 0 Å². The SMILES string of the molecule is CC(C)(C)OC(=O)NCC(=O)CCC(=O)N1CCN(c2cccc(Cl)c2)CC1. The largest absolute Gasteiger partial charge is 0.444 e. The molecule has 2 rings (SSSR count). The molecule has 7 nitrogen and oxygen atoms in total. The van der Waals surface area contributed by atoms with Crippen molar-refractivity contribution in [1.82, 2.24) is 10.2 Å². The molecule has 0 unspecified atom stereocenters. The van der Waals surface area contributed by atoms with Gasteiger partial charge in [-0.25, -0.2) is 4.79 Å². The first kappa shape index (κ1) is 22.0. The van der Waals surface area contributed by atoms with E-state index in [2.05, 4.69) is 10.2 Å². The van der Waals surface area contributed by atoms with Crippen LogP contribution in [0.1, 0.15) is 33.6 Å². The van der Waals surface area contributed by atoms with Gasteiger partial charge in [-0.2, -0.15) is 0 Å². The number of hydrogen-bond donors (Lipinski definition) is 1. The number of piperazine rings is 1. The average Bonchev–Trinajstić information content (AvgIpc) is 2.63. The van der Waals surface area contributed by atoms with Gasteiger partial charge in [0, 0.05) is 49.7 Å². The smallest absolute Gasteiger partial charge is 0.408 e. The molecule has 1 fully saturated rings. The van der Waals surface area contributed by atoms with Crippen LogP contribution >= 0.6 is 11.6 Å². The van der Waals surface area contributed by atoms with Crippen LogP contribution in [0.15, 0.2) is 24.3 Å². The van der Waals surface area contributed by atoms with Crippen LogP contribution in [-0.2, 0) is 14.3 Å². The second-order valence-electron chi connectivity index (χ2n) is 7.74. The van der Waals surface area contributed by atoms with Gasteiger partial charge in [0.1, 0.15) is 5.60 Å². The molecule has 0 aromatic heterocycles. The number of anilines is 1. The van der Waals surface area contributed by atoms with Crippen molar-refractivity contribution in [3.8, 4) is 0 Å². The van der Waals surface area contributed by atoms with E-state index in [1.165, 1.54) is 0 Å². The quantitative estimate of drug-likeness (QED) is 0.781. The maximum Gasteiger partial charge on any atom is 0.408 e. The molecule has 1 N–H and O–H groups in total. The van der Waals surface area contributed by atoms with Gasteiger partial charge >= 0.3 is 6.09 Å². The zero-order valence-corrected chi connectivity index (χ0v) is 17.4. The number of Topliss-reactive ketones (excluding diaryl/α,β-unsaturated/α-hetero) is 1. The summed E-state index contributed by atoms with van der Waals surface area (Å²) in [4.78, 5) is 39.8.